The predicted molar refractivity (Wildman–Crippen MR) is 205 cm³/mol. The van der Waals surface area contributed by atoms with Crippen LogP contribution < -0.4 is 0 Å². The Kier molecular flexibility index (Phi) is 5.42. The quantitative estimate of drug-likeness (QED) is 0.193. The van der Waals surface area contributed by atoms with E-state index in [0.29, 0.717) is 17.5 Å². The molecule has 0 spiro atoms. The van der Waals surface area contributed by atoms with Crippen molar-refractivity contribution in [2.45, 2.75) is 19.3 Å². The molecule has 9 aromatic rings. The van der Waals surface area contributed by atoms with Crippen LogP contribution in [-0.4, -0.2) is 19.5 Å². The van der Waals surface area contributed by atoms with E-state index in [-0.39, 0.29) is 5.41 Å². The summed E-state index contributed by atoms with van der Waals surface area (Å²) in [7, 11) is 0. The van der Waals surface area contributed by atoms with Gasteiger partial charge in [-0.25, -0.2) is 15.0 Å². The normalized spacial score (nSPS) is 13.6. The Morgan fingerprint density at radius 1 is 0.460 bits per heavy atom. The molecular formula is C46H30N4. The average Bonchev–Trinajstić information content (AvgIpc) is 3.58. The summed E-state index contributed by atoms with van der Waals surface area (Å²) in [6, 6.07) is 52.1. The molecule has 0 amide bonds. The van der Waals surface area contributed by atoms with Gasteiger partial charge in [-0.05, 0) is 63.4 Å². The van der Waals surface area contributed by atoms with Crippen molar-refractivity contribution in [1.82, 2.24) is 19.5 Å². The summed E-state index contributed by atoms with van der Waals surface area (Å²) in [5, 5.41) is 4.92. The van der Waals surface area contributed by atoms with E-state index in [1.807, 2.05) is 18.2 Å². The van der Waals surface area contributed by atoms with Crippen LogP contribution in [-0.2, 0) is 5.41 Å². The van der Waals surface area contributed by atoms with Gasteiger partial charge in [-0.1, -0.05) is 129 Å². The Morgan fingerprint density at radius 2 is 1.16 bits per heavy atom. The van der Waals surface area contributed by atoms with Gasteiger partial charge in [-0.2, -0.15) is 0 Å². The zero-order valence-electron chi connectivity index (χ0n) is 27.6. The fourth-order valence-corrected chi connectivity index (χ4v) is 8.55. The van der Waals surface area contributed by atoms with Crippen LogP contribution in [0.4, 0.5) is 0 Å². The topological polar surface area (TPSA) is 43.6 Å². The summed E-state index contributed by atoms with van der Waals surface area (Å²) in [6.45, 7) is 4.72. The molecule has 2 aliphatic rings. The van der Waals surface area contributed by atoms with Crippen molar-refractivity contribution >= 4 is 32.6 Å². The molecule has 0 bridgehead atoms. The highest BCUT2D eigenvalue weighted by atomic mass is 15.0. The largest absolute Gasteiger partial charge is 0.308 e. The minimum Gasteiger partial charge on any atom is -0.308 e. The molecule has 234 valence electrons. The number of hydrogen-bond acceptors (Lipinski definition) is 3. The molecular weight excluding hydrogens is 609 g/mol. The molecule has 1 aliphatic heterocycles. The summed E-state index contributed by atoms with van der Waals surface area (Å²) in [5.74, 6) is 2.00. The van der Waals surface area contributed by atoms with E-state index in [9.17, 15) is 0 Å². The summed E-state index contributed by atoms with van der Waals surface area (Å²) in [6.07, 6.45) is 0. The summed E-state index contributed by atoms with van der Waals surface area (Å²) in [4.78, 5) is 15.5. The number of benzene rings is 7. The maximum Gasteiger partial charge on any atom is 0.164 e. The molecule has 0 atom stereocenters. The molecule has 7 aromatic carbocycles. The Morgan fingerprint density at radius 3 is 2.02 bits per heavy atom. The molecule has 50 heavy (non-hydrogen) atoms. The number of nitrogens with zero attached hydrogens (tertiary/aromatic N) is 4. The van der Waals surface area contributed by atoms with E-state index in [2.05, 4.69) is 146 Å². The van der Waals surface area contributed by atoms with Crippen molar-refractivity contribution in [2.75, 3.05) is 0 Å². The van der Waals surface area contributed by atoms with Crippen LogP contribution >= 0.6 is 0 Å². The first kappa shape index (κ1) is 27.5. The first-order chi connectivity index (χ1) is 24.5. The summed E-state index contributed by atoms with van der Waals surface area (Å²) < 4.78 is 2.50. The van der Waals surface area contributed by atoms with Crippen LogP contribution in [0.1, 0.15) is 25.0 Å². The second-order valence-electron chi connectivity index (χ2n) is 14.1. The molecule has 0 fully saturated rings. The molecule has 2 aromatic heterocycles. The van der Waals surface area contributed by atoms with Gasteiger partial charge in [0.25, 0.3) is 0 Å². The molecule has 4 heteroatoms. The predicted octanol–water partition coefficient (Wildman–Crippen LogP) is 11.4. The van der Waals surface area contributed by atoms with Gasteiger partial charge in [0.15, 0.2) is 17.5 Å². The van der Waals surface area contributed by atoms with E-state index < -0.39 is 0 Å². The average molecular weight is 639 g/mol. The van der Waals surface area contributed by atoms with Gasteiger partial charge < -0.3 is 4.57 Å². The van der Waals surface area contributed by atoms with E-state index in [1.54, 1.807) is 0 Å². The second kappa shape index (κ2) is 9.83. The molecule has 3 heterocycles. The summed E-state index contributed by atoms with van der Waals surface area (Å²) >= 11 is 0. The molecule has 0 saturated carbocycles. The maximum absolute atomic E-state index is 5.24. The molecule has 0 unspecified atom stereocenters. The van der Waals surface area contributed by atoms with E-state index >= 15 is 0 Å². The van der Waals surface area contributed by atoms with Gasteiger partial charge in [0.05, 0.1) is 16.7 Å². The van der Waals surface area contributed by atoms with Crippen molar-refractivity contribution in [2.24, 2.45) is 0 Å². The van der Waals surface area contributed by atoms with Gasteiger partial charge in [-0.3, -0.25) is 0 Å². The first-order valence-electron chi connectivity index (χ1n) is 17.2. The van der Waals surface area contributed by atoms with Crippen molar-refractivity contribution < 1.29 is 0 Å². The van der Waals surface area contributed by atoms with Gasteiger partial charge in [0.2, 0.25) is 0 Å². The Labute approximate surface area is 289 Å². The van der Waals surface area contributed by atoms with Crippen LogP contribution in [0.25, 0.3) is 94.7 Å². The van der Waals surface area contributed by atoms with Gasteiger partial charge in [0, 0.05) is 44.0 Å². The van der Waals surface area contributed by atoms with E-state index in [4.69, 9.17) is 15.0 Å². The van der Waals surface area contributed by atoms with Gasteiger partial charge in [0.1, 0.15) is 0 Å². The van der Waals surface area contributed by atoms with Crippen molar-refractivity contribution in [3.63, 3.8) is 0 Å². The molecule has 4 nitrogen and oxygen atoms in total. The Bertz CT molecular complexity index is 2900. The monoisotopic (exact) mass is 638 g/mol. The Balaban J connectivity index is 1.22. The standard InChI is InChI=1S/C46H30N4/c1-46(2)36-23-22-34-32-16-8-10-18-38(32)50-39-19-11-9-17-33(39)35-25-31(26-37(46)40(35)41(36)42(34)50)45-48-43(28-13-4-3-5-14-28)47-44(49-45)30-21-20-27-12-6-7-15-29(27)24-30/h3-26H,1-2H3. The lowest BCUT2D eigenvalue weighted by Crippen LogP contribution is -2.15. The third-order valence-electron chi connectivity index (χ3n) is 10.9. The van der Waals surface area contributed by atoms with Crippen LogP contribution in [0.3, 0.4) is 0 Å². The van der Waals surface area contributed by atoms with E-state index in [0.717, 1.165) is 22.1 Å². The molecule has 1 aliphatic carbocycles. The summed E-state index contributed by atoms with van der Waals surface area (Å²) in [5.41, 5.74) is 14.1. The molecule has 0 N–H and O–H groups in total. The van der Waals surface area contributed by atoms with Crippen molar-refractivity contribution in [1.29, 1.82) is 0 Å². The number of aromatic nitrogens is 4. The number of rotatable bonds is 3. The lowest BCUT2D eigenvalue weighted by Gasteiger charge is -2.23. The SMILES string of the molecule is CC1(C)c2cc(-c3nc(-c4ccccc4)nc(-c4ccc5ccccc5c4)n3)cc3c2-c2c1ccc1c4ccccc4n(c21)-c1ccccc1-3. The lowest BCUT2D eigenvalue weighted by atomic mass is 9.80. The highest BCUT2D eigenvalue weighted by Crippen LogP contribution is 2.58. The molecule has 0 saturated heterocycles. The fourth-order valence-electron chi connectivity index (χ4n) is 8.55. The van der Waals surface area contributed by atoms with E-state index in [1.165, 1.54) is 66.3 Å². The fraction of sp³-hybridized carbons (Fsp3) is 0.0652. The number of fused-ring (bicyclic) bond motifs is 7. The first-order valence-corrected chi connectivity index (χ1v) is 17.2. The maximum atomic E-state index is 5.24. The van der Waals surface area contributed by atoms with Gasteiger partial charge >= 0.3 is 0 Å². The van der Waals surface area contributed by atoms with Gasteiger partial charge in [-0.15, -0.1) is 0 Å². The van der Waals surface area contributed by atoms with Crippen LogP contribution in [0.2, 0.25) is 0 Å². The number of hydrogen-bond donors (Lipinski definition) is 0. The van der Waals surface area contributed by atoms with Crippen LogP contribution in [0.15, 0.2) is 146 Å². The Hall–Kier alpha value is -6.39. The minimum atomic E-state index is -0.229. The third kappa shape index (κ3) is 3.68. The van der Waals surface area contributed by atoms with Crippen molar-refractivity contribution in [3.8, 4) is 62.1 Å². The zero-order chi connectivity index (χ0) is 33.1. The highest BCUT2D eigenvalue weighted by Gasteiger charge is 2.41. The third-order valence-corrected chi connectivity index (χ3v) is 10.9. The zero-order valence-corrected chi connectivity index (χ0v) is 27.6. The van der Waals surface area contributed by atoms with Crippen molar-refractivity contribution in [3.05, 3.63) is 157 Å². The lowest BCUT2D eigenvalue weighted by molar-refractivity contribution is 0.661. The highest BCUT2D eigenvalue weighted by molar-refractivity contribution is 6.18. The van der Waals surface area contributed by atoms with Crippen LogP contribution in [0, 0.1) is 0 Å². The molecule has 0 radical (unpaired) electrons. The second-order valence-corrected chi connectivity index (χ2v) is 14.1. The van der Waals surface area contributed by atoms with Crippen LogP contribution in [0.5, 0.6) is 0 Å². The molecule has 11 rings (SSSR count). The number of para-hydroxylation sites is 2. The smallest absolute Gasteiger partial charge is 0.164 e. The minimum absolute atomic E-state index is 0.229.